The molecule has 0 bridgehead atoms. The molecule has 2 rings (SSSR count). The Morgan fingerprint density at radius 2 is 1.55 bits per heavy atom. The third-order valence-corrected chi connectivity index (χ3v) is 2.34. The van der Waals surface area contributed by atoms with E-state index in [1.807, 2.05) is 0 Å². The summed E-state index contributed by atoms with van der Waals surface area (Å²) in [7, 11) is 1.54. The number of hydrogen-bond donors (Lipinski definition) is 0. The van der Waals surface area contributed by atoms with Gasteiger partial charge in [0.05, 0.1) is 0 Å². The number of rotatable bonds is 0. The molecule has 2 aliphatic rings. The van der Waals surface area contributed by atoms with E-state index < -0.39 is 0 Å². The smallest absolute Gasteiger partial charge is 0.256 e. The average Bonchev–Trinajstić information content (AvgIpc) is 2.53. The van der Waals surface area contributed by atoms with Gasteiger partial charge >= 0.3 is 0 Å². The summed E-state index contributed by atoms with van der Waals surface area (Å²) in [5, 5.41) is 0. The van der Waals surface area contributed by atoms with E-state index in [2.05, 4.69) is 0 Å². The lowest BCUT2D eigenvalue weighted by Crippen LogP contribution is -2.27. The SMILES string of the molecule is CN1C(=O)C2=C(CCC2)C1=O. The zero-order valence-corrected chi connectivity index (χ0v) is 6.39. The third kappa shape index (κ3) is 0.679. The summed E-state index contributed by atoms with van der Waals surface area (Å²) < 4.78 is 0. The number of imide groups is 1. The van der Waals surface area contributed by atoms with Gasteiger partial charge in [-0.2, -0.15) is 0 Å². The quantitative estimate of drug-likeness (QED) is 0.472. The maximum atomic E-state index is 11.2. The highest BCUT2D eigenvalue weighted by Crippen LogP contribution is 2.33. The van der Waals surface area contributed by atoms with Crippen molar-refractivity contribution in [1.29, 1.82) is 0 Å². The fraction of sp³-hybridized carbons (Fsp3) is 0.500. The molecule has 1 aliphatic heterocycles. The van der Waals surface area contributed by atoms with E-state index in [-0.39, 0.29) is 11.8 Å². The first kappa shape index (κ1) is 6.58. The second kappa shape index (κ2) is 1.94. The van der Waals surface area contributed by atoms with Crippen molar-refractivity contribution in [3.8, 4) is 0 Å². The Balaban J connectivity index is 2.45. The summed E-state index contributed by atoms with van der Waals surface area (Å²) in [4.78, 5) is 23.7. The number of carbonyl (C=O) groups is 2. The van der Waals surface area contributed by atoms with Crippen LogP contribution < -0.4 is 0 Å². The van der Waals surface area contributed by atoms with Crippen molar-refractivity contribution in [2.24, 2.45) is 0 Å². The third-order valence-electron chi connectivity index (χ3n) is 2.34. The Kier molecular flexibility index (Phi) is 1.16. The summed E-state index contributed by atoms with van der Waals surface area (Å²) in [5.41, 5.74) is 1.52. The van der Waals surface area contributed by atoms with E-state index in [0.717, 1.165) is 30.4 Å². The van der Waals surface area contributed by atoms with E-state index >= 15 is 0 Å². The first-order chi connectivity index (χ1) is 5.22. The molecule has 1 heterocycles. The van der Waals surface area contributed by atoms with Gasteiger partial charge in [0.1, 0.15) is 0 Å². The number of likely N-dealkylation sites (tertiary alicyclic amines) is 1. The highest BCUT2D eigenvalue weighted by Gasteiger charge is 2.37. The molecule has 0 unspecified atom stereocenters. The van der Waals surface area contributed by atoms with Crippen LogP contribution >= 0.6 is 0 Å². The summed E-state index contributed by atoms with van der Waals surface area (Å²) in [6.45, 7) is 0. The average molecular weight is 151 g/mol. The molecule has 1 aliphatic carbocycles. The summed E-state index contributed by atoms with van der Waals surface area (Å²) in [5.74, 6) is -0.162. The first-order valence-electron chi connectivity index (χ1n) is 3.76. The van der Waals surface area contributed by atoms with Gasteiger partial charge in [-0.15, -0.1) is 0 Å². The molecule has 0 aromatic heterocycles. The van der Waals surface area contributed by atoms with Crippen LogP contribution in [0.5, 0.6) is 0 Å². The minimum Gasteiger partial charge on any atom is -0.278 e. The first-order valence-corrected chi connectivity index (χ1v) is 3.76. The van der Waals surface area contributed by atoms with Gasteiger partial charge in [-0.25, -0.2) is 0 Å². The van der Waals surface area contributed by atoms with Gasteiger partial charge in [0.25, 0.3) is 11.8 Å². The Morgan fingerprint density at radius 3 is 2.00 bits per heavy atom. The molecule has 2 amide bonds. The molecule has 11 heavy (non-hydrogen) atoms. The number of likely N-dealkylation sites (N-methyl/N-ethyl adjacent to an activating group) is 1. The predicted octanol–water partition coefficient (Wildman–Crippen LogP) is 0.466. The molecular weight excluding hydrogens is 142 g/mol. The maximum absolute atomic E-state index is 11.2. The number of nitrogens with zero attached hydrogens (tertiary/aromatic N) is 1. The highest BCUT2D eigenvalue weighted by atomic mass is 16.2. The van der Waals surface area contributed by atoms with Crippen LogP contribution in [0.4, 0.5) is 0 Å². The minimum atomic E-state index is -0.0810. The lowest BCUT2D eigenvalue weighted by molar-refractivity contribution is -0.136. The molecule has 0 fully saturated rings. The minimum absolute atomic E-state index is 0.0810. The van der Waals surface area contributed by atoms with Crippen LogP contribution in [0.1, 0.15) is 19.3 Å². The van der Waals surface area contributed by atoms with Crippen molar-refractivity contribution in [2.75, 3.05) is 7.05 Å². The second-order valence-electron chi connectivity index (χ2n) is 2.98. The molecule has 0 aromatic rings. The summed E-state index contributed by atoms with van der Waals surface area (Å²) >= 11 is 0. The van der Waals surface area contributed by atoms with Crippen molar-refractivity contribution in [3.63, 3.8) is 0 Å². The zero-order valence-electron chi connectivity index (χ0n) is 6.39. The molecule has 3 nitrogen and oxygen atoms in total. The van der Waals surface area contributed by atoms with E-state index in [1.165, 1.54) is 4.90 Å². The van der Waals surface area contributed by atoms with Crippen LogP contribution in [0.15, 0.2) is 11.1 Å². The molecule has 0 radical (unpaired) electrons. The van der Waals surface area contributed by atoms with Crippen molar-refractivity contribution in [3.05, 3.63) is 11.1 Å². The summed E-state index contributed by atoms with van der Waals surface area (Å²) in [6.07, 6.45) is 2.56. The van der Waals surface area contributed by atoms with Gasteiger partial charge in [0, 0.05) is 18.2 Å². The van der Waals surface area contributed by atoms with Crippen LogP contribution in [-0.2, 0) is 9.59 Å². The lowest BCUT2D eigenvalue weighted by Gasteiger charge is -2.07. The van der Waals surface area contributed by atoms with Crippen molar-refractivity contribution in [2.45, 2.75) is 19.3 Å². The van der Waals surface area contributed by atoms with E-state index in [0.29, 0.717) is 0 Å². The fourth-order valence-corrected chi connectivity index (χ4v) is 1.71. The number of amides is 2. The lowest BCUT2D eigenvalue weighted by atomic mass is 10.2. The van der Waals surface area contributed by atoms with Crippen molar-refractivity contribution >= 4 is 11.8 Å². The van der Waals surface area contributed by atoms with Gasteiger partial charge in [-0.05, 0) is 19.3 Å². The van der Waals surface area contributed by atoms with Crippen LogP contribution in [0.3, 0.4) is 0 Å². The Labute approximate surface area is 64.7 Å². The maximum Gasteiger partial charge on any atom is 0.256 e. The number of carbonyl (C=O) groups excluding carboxylic acids is 2. The summed E-state index contributed by atoms with van der Waals surface area (Å²) in [6, 6.07) is 0. The molecule has 0 saturated heterocycles. The topological polar surface area (TPSA) is 37.4 Å². The molecule has 0 aromatic carbocycles. The van der Waals surface area contributed by atoms with Crippen LogP contribution in [-0.4, -0.2) is 23.8 Å². The van der Waals surface area contributed by atoms with E-state index in [1.54, 1.807) is 7.05 Å². The van der Waals surface area contributed by atoms with Crippen LogP contribution in [0.25, 0.3) is 0 Å². The molecule has 0 atom stereocenters. The molecular formula is C8H9NO2. The monoisotopic (exact) mass is 151 g/mol. The Morgan fingerprint density at radius 1 is 1.09 bits per heavy atom. The fourth-order valence-electron chi connectivity index (χ4n) is 1.71. The Bertz CT molecular complexity index is 252. The molecule has 58 valence electrons. The standard InChI is InChI=1S/C8H9NO2/c1-9-7(10)5-3-2-4-6(5)8(9)11/h2-4H2,1H3. The van der Waals surface area contributed by atoms with Crippen molar-refractivity contribution < 1.29 is 9.59 Å². The van der Waals surface area contributed by atoms with Gasteiger partial charge in [0.15, 0.2) is 0 Å². The van der Waals surface area contributed by atoms with Gasteiger partial charge in [-0.1, -0.05) is 0 Å². The largest absolute Gasteiger partial charge is 0.278 e. The van der Waals surface area contributed by atoms with Gasteiger partial charge in [0.2, 0.25) is 0 Å². The van der Waals surface area contributed by atoms with Gasteiger partial charge < -0.3 is 0 Å². The van der Waals surface area contributed by atoms with Crippen LogP contribution in [0.2, 0.25) is 0 Å². The van der Waals surface area contributed by atoms with Crippen LogP contribution in [0, 0.1) is 0 Å². The molecule has 0 N–H and O–H groups in total. The second-order valence-corrected chi connectivity index (χ2v) is 2.98. The zero-order chi connectivity index (χ0) is 8.01. The predicted molar refractivity (Wildman–Crippen MR) is 38.7 cm³/mol. The molecule has 0 saturated carbocycles. The normalized spacial score (nSPS) is 23.5. The molecule has 3 heteroatoms. The Hall–Kier alpha value is -1.12. The van der Waals surface area contributed by atoms with E-state index in [4.69, 9.17) is 0 Å². The molecule has 0 spiro atoms. The van der Waals surface area contributed by atoms with Gasteiger partial charge in [-0.3, -0.25) is 14.5 Å². The number of hydrogen-bond acceptors (Lipinski definition) is 2. The van der Waals surface area contributed by atoms with Crippen molar-refractivity contribution in [1.82, 2.24) is 4.90 Å². The van der Waals surface area contributed by atoms with E-state index in [9.17, 15) is 9.59 Å². The highest BCUT2D eigenvalue weighted by molar-refractivity contribution is 6.19.